The predicted octanol–water partition coefficient (Wildman–Crippen LogP) is 1.47. The van der Waals surface area contributed by atoms with E-state index in [0.717, 1.165) is 25.0 Å². The van der Waals surface area contributed by atoms with Crippen LogP contribution < -0.4 is 5.32 Å². The lowest BCUT2D eigenvalue weighted by Gasteiger charge is -2.24. The molecule has 2 unspecified atom stereocenters. The molecule has 118 valence electrons. The summed E-state index contributed by atoms with van der Waals surface area (Å²) in [5.74, 6) is -0.00148. The molecule has 1 N–H and O–H groups in total. The second kappa shape index (κ2) is 6.92. The van der Waals surface area contributed by atoms with E-state index in [1.54, 1.807) is 4.90 Å². The lowest BCUT2D eigenvalue weighted by Crippen LogP contribution is -2.46. The molecule has 2 heterocycles. The highest BCUT2D eigenvalue weighted by Crippen LogP contribution is 2.22. The molecule has 5 heteroatoms. The zero-order valence-corrected chi connectivity index (χ0v) is 12.7. The molecule has 2 saturated heterocycles. The van der Waals surface area contributed by atoms with E-state index in [9.17, 15) is 9.59 Å². The van der Waals surface area contributed by atoms with E-state index in [2.05, 4.69) is 5.32 Å². The van der Waals surface area contributed by atoms with Gasteiger partial charge in [-0.1, -0.05) is 30.3 Å². The maximum absolute atomic E-state index is 12.4. The first-order valence-corrected chi connectivity index (χ1v) is 7.97. The number of benzene rings is 1. The third kappa shape index (κ3) is 3.47. The van der Waals surface area contributed by atoms with Crippen LogP contribution >= 0.6 is 0 Å². The minimum Gasteiger partial charge on any atom is -0.376 e. The maximum Gasteiger partial charge on any atom is 0.242 e. The lowest BCUT2D eigenvalue weighted by atomic mass is 10.1. The fraction of sp³-hybridized carbons (Fsp3) is 0.529. The van der Waals surface area contributed by atoms with Crippen LogP contribution in [-0.2, 0) is 20.9 Å². The van der Waals surface area contributed by atoms with Crippen LogP contribution in [0.15, 0.2) is 30.3 Å². The van der Waals surface area contributed by atoms with Crippen molar-refractivity contribution in [3.8, 4) is 0 Å². The zero-order chi connectivity index (χ0) is 15.4. The molecule has 2 amide bonds. The Hall–Kier alpha value is -1.88. The fourth-order valence-electron chi connectivity index (χ4n) is 3.12. The van der Waals surface area contributed by atoms with E-state index in [1.807, 2.05) is 30.3 Å². The van der Waals surface area contributed by atoms with Crippen LogP contribution in [0.1, 0.15) is 31.2 Å². The standard InChI is InChI=1S/C17H22N2O3/c20-16-9-8-15(17(21)18-11-14-7-4-10-22-14)19(16)12-13-5-2-1-3-6-13/h1-3,5-6,14-15H,4,7-12H2,(H,18,21). The van der Waals surface area contributed by atoms with Gasteiger partial charge in [-0.25, -0.2) is 0 Å². The third-order valence-electron chi connectivity index (χ3n) is 4.35. The van der Waals surface area contributed by atoms with Crippen molar-refractivity contribution in [2.45, 2.75) is 44.4 Å². The molecule has 3 rings (SSSR count). The summed E-state index contributed by atoms with van der Waals surface area (Å²) >= 11 is 0. The summed E-state index contributed by atoms with van der Waals surface area (Å²) in [5, 5.41) is 2.95. The molecule has 2 atom stereocenters. The number of likely N-dealkylation sites (tertiary alicyclic amines) is 1. The Labute approximate surface area is 130 Å². The SMILES string of the molecule is O=C(NCC1CCCO1)C1CCC(=O)N1Cc1ccccc1. The minimum absolute atomic E-state index is 0.0566. The first-order valence-electron chi connectivity index (χ1n) is 7.97. The van der Waals surface area contributed by atoms with E-state index >= 15 is 0 Å². The summed E-state index contributed by atoms with van der Waals surface area (Å²) in [6, 6.07) is 9.44. The fourth-order valence-corrected chi connectivity index (χ4v) is 3.12. The van der Waals surface area contributed by atoms with Crippen molar-refractivity contribution in [1.29, 1.82) is 0 Å². The Morgan fingerprint density at radius 1 is 1.27 bits per heavy atom. The molecule has 22 heavy (non-hydrogen) atoms. The number of carbonyl (C=O) groups is 2. The summed E-state index contributed by atoms with van der Waals surface area (Å²) in [7, 11) is 0. The van der Waals surface area contributed by atoms with E-state index in [1.165, 1.54) is 0 Å². The van der Waals surface area contributed by atoms with Crippen molar-refractivity contribution in [1.82, 2.24) is 10.2 Å². The number of amides is 2. The second-order valence-corrected chi connectivity index (χ2v) is 5.94. The first-order chi connectivity index (χ1) is 10.7. The van der Waals surface area contributed by atoms with Gasteiger partial charge in [-0.2, -0.15) is 0 Å². The molecular weight excluding hydrogens is 280 g/mol. The molecule has 2 aliphatic rings. The van der Waals surface area contributed by atoms with E-state index in [-0.39, 0.29) is 24.0 Å². The Morgan fingerprint density at radius 2 is 2.09 bits per heavy atom. The number of rotatable bonds is 5. The number of nitrogens with one attached hydrogen (secondary N) is 1. The van der Waals surface area contributed by atoms with Crippen LogP contribution in [0.5, 0.6) is 0 Å². The zero-order valence-electron chi connectivity index (χ0n) is 12.7. The van der Waals surface area contributed by atoms with Gasteiger partial charge in [-0.3, -0.25) is 9.59 Å². The van der Waals surface area contributed by atoms with Crippen LogP contribution in [-0.4, -0.2) is 42.0 Å². The van der Waals surface area contributed by atoms with Crippen molar-refractivity contribution in [2.75, 3.05) is 13.2 Å². The summed E-state index contributed by atoms with van der Waals surface area (Å²) in [6.07, 6.45) is 3.23. The number of ether oxygens (including phenoxy) is 1. The summed E-state index contributed by atoms with van der Waals surface area (Å²) in [6.45, 7) is 1.82. The Balaban J connectivity index is 1.58. The van der Waals surface area contributed by atoms with E-state index in [0.29, 0.717) is 25.9 Å². The highest BCUT2D eigenvalue weighted by molar-refractivity contribution is 5.90. The van der Waals surface area contributed by atoms with Crippen LogP contribution in [0.25, 0.3) is 0 Å². The van der Waals surface area contributed by atoms with Crippen LogP contribution in [0.2, 0.25) is 0 Å². The van der Waals surface area contributed by atoms with Gasteiger partial charge in [0.1, 0.15) is 6.04 Å². The molecule has 2 aliphatic heterocycles. The molecule has 2 fully saturated rings. The van der Waals surface area contributed by atoms with Gasteiger partial charge < -0.3 is 15.0 Å². The number of nitrogens with zero attached hydrogens (tertiary/aromatic N) is 1. The van der Waals surface area contributed by atoms with Crippen molar-refractivity contribution in [2.24, 2.45) is 0 Å². The number of carbonyl (C=O) groups excluding carboxylic acids is 2. The molecular formula is C17H22N2O3. The molecule has 0 bridgehead atoms. The largest absolute Gasteiger partial charge is 0.376 e. The normalized spacial score (nSPS) is 24.7. The number of hydrogen-bond donors (Lipinski definition) is 1. The molecule has 0 radical (unpaired) electrons. The molecule has 0 saturated carbocycles. The van der Waals surface area contributed by atoms with Gasteiger partial charge in [0, 0.05) is 26.1 Å². The van der Waals surface area contributed by atoms with Crippen LogP contribution in [0.4, 0.5) is 0 Å². The average Bonchev–Trinajstić information content (AvgIpc) is 3.17. The van der Waals surface area contributed by atoms with E-state index in [4.69, 9.17) is 4.74 Å². The second-order valence-electron chi connectivity index (χ2n) is 5.94. The van der Waals surface area contributed by atoms with Gasteiger partial charge in [0.05, 0.1) is 6.10 Å². The smallest absolute Gasteiger partial charge is 0.242 e. The molecule has 1 aromatic carbocycles. The monoisotopic (exact) mass is 302 g/mol. The van der Waals surface area contributed by atoms with Crippen molar-refractivity contribution in [3.05, 3.63) is 35.9 Å². The van der Waals surface area contributed by atoms with Gasteiger partial charge >= 0.3 is 0 Å². The summed E-state index contributed by atoms with van der Waals surface area (Å²) in [5.41, 5.74) is 1.05. The molecule has 0 spiro atoms. The van der Waals surface area contributed by atoms with Crippen molar-refractivity contribution >= 4 is 11.8 Å². The minimum atomic E-state index is -0.353. The summed E-state index contributed by atoms with van der Waals surface area (Å²) < 4.78 is 5.51. The Morgan fingerprint density at radius 3 is 2.82 bits per heavy atom. The van der Waals surface area contributed by atoms with Crippen molar-refractivity contribution < 1.29 is 14.3 Å². The molecule has 1 aromatic rings. The van der Waals surface area contributed by atoms with Crippen molar-refractivity contribution in [3.63, 3.8) is 0 Å². The third-order valence-corrected chi connectivity index (χ3v) is 4.35. The lowest BCUT2D eigenvalue weighted by molar-refractivity contribution is -0.136. The topological polar surface area (TPSA) is 58.6 Å². The summed E-state index contributed by atoms with van der Waals surface area (Å²) in [4.78, 5) is 26.2. The first kappa shape index (κ1) is 15.0. The quantitative estimate of drug-likeness (QED) is 0.896. The number of hydrogen-bond acceptors (Lipinski definition) is 3. The van der Waals surface area contributed by atoms with Gasteiger partial charge in [0.15, 0.2) is 0 Å². The average molecular weight is 302 g/mol. The Kier molecular flexibility index (Phi) is 4.73. The van der Waals surface area contributed by atoms with Gasteiger partial charge in [-0.15, -0.1) is 0 Å². The van der Waals surface area contributed by atoms with E-state index < -0.39 is 0 Å². The highest BCUT2D eigenvalue weighted by Gasteiger charge is 2.36. The predicted molar refractivity (Wildman–Crippen MR) is 82.0 cm³/mol. The van der Waals surface area contributed by atoms with Gasteiger partial charge in [-0.05, 0) is 24.8 Å². The van der Waals surface area contributed by atoms with Gasteiger partial charge in [0.25, 0.3) is 0 Å². The van der Waals surface area contributed by atoms with Gasteiger partial charge in [0.2, 0.25) is 11.8 Å². The van der Waals surface area contributed by atoms with Crippen LogP contribution in [0.3, 0.4) is 0 Å². The highest BCUT2D eigenvalue weighted by atomic mass is 16.5. The molecule has 0 aromatic heterocycles. The molecule has 0 aliphatic carbocycles. The Bertz CT molecular complexity index is 526. The van der Waals surface area contributed by atoms with Crippen LogP contribution in [0, 0.1) is 0 Å². The molecule has 5 nitrogen and oxygen atoms in total. The maximum atomic E-state index is 12.4.